The molecule has 1 amide bonds. The fourth-order valence-electron chi connectivity index (χ4n) is 6.58. The van der Waals surface area contributed by atoms with E-state index in [0.717, 1.165) is 12.1 Å². The largest absolute Gasteiger partial charge is 0.510 e. The number of aromatic hydroxyl groups is 1. The number of halogens is 2. The molecule has 0 saturated carbocycles. The molecule has 3 aliphatic carbocycles. The van der Waals surface area contributed by atoms with Crippen LogP contribution >= 0.6 is 0 Å². The van der Waals surface area contributed by atoms with Gasteiger partial charge in [-0.3, -0.25) is 19.3 Å². The molecule has 0 unspecified atom stereocenters. The minimum absolute atomic E-state index is 0.0240. The van der Waals surface area contributed by atoms with Crippen LogP contribution in [-0.2, 0) is 16.0 Å². The zero-order valence-electron chi connectivity index (χ0n) is 22.7. The quantitative estimate of drug-likeness (QED) is 0.347. The SMILES string of the molecule is CN(C)c1cc(-c2ccc(F)c(F)c2)c(O)c2c1C[C@H]1C[C@H]3[C@H](N(C)C)C(O)=C(C(N)=O)C(=O)[C@@]3(O)C(O)=C1C2=O. The van der Waals surface area contributed by atoms with Gasteiger partial charge >= 0.3 is 0 Å². The maximum atomic E-state index is 14.1. The van der Waals surface area contributed by atoms with Crippen LogP contribution in [0.5, 0.6) is 5.75 Å². The number of hydrogen-bond donors (Lipinski definition) is 5. The number of Topliss-reactive ketones (excluding diaryl/α,β-unsaturated/α-hetero) is 2. The Morgan fingerprint density at radius 3 is 2.27 bits per heavy atom. The number of anilines is 1. The lowest BCUT2D eigenvalue weighted by molar-refractivity contribution is -0.148. The van der Waals surface area contributed by atoms with E-state index in [0.29, 0.717) is 11.3 Å². The van der Waals surface area contributed by atoms with E-state index in [-0.39, 0.29) is 35.1 Å². The molecule has 3 aliphatic rings. The number of carbonyl (C=O) groups excluding carboxylic acids is 3. The lowest BCUT2D eigenvalue weighted by Gasteiger charge is -2.50. The molecule has 12 heteroatoms. The third kappa shape index (κ3) is 3.85. The number of phenolic OH excluding ortho intramolecular Hbond substituents is 1. The molecule has 2 aromatic carbocycles. The van der Waals surface area contributed by atoms with Gasteiger partial charge in [-0.25, -0.2) is 8.78 Å². The maximum Gasteiger partial charge on any atom is 0.255 e. The van der Waals surface area contributed by atoms with Crippen LogP contribution in [-0.4, -0.2) is 82.6 Å². The van der Waals surface area contributed by atoms with Gasteiger partial charge in [-0.2, -0.15) is 0 Å². The maximum absolute atomic E-state index is 14.1. The Morgan fingerprint density at radius 2 is 1.71 bits per heavy atom. The molecule has 0 aliphatic heterocycles. The van der Waals surface area contributed by atoms with Gasteiger partial charge in [0.25, 0.3) is 5.91 Å². The second-order valence-corrected chi connectivity index (χ2v) is 11.1. The molecular formula is C29H29F2N3O7. The van der Waals surface area contributed by atoms with Crippen LogP contribution in [0.25, 0.3) is 11.1 Å². The zero-order valence-corrected chi connectivity index (χ0v) is 22.7. The second kappa shape index (κ2) is 9.38. The Bertz CT molecular complexity index is 1610. The molecule has 0 aromatic heterocycles. The summed E-state index contributed by atoms with van der Waals surface area (Å²) >= 11 is 0. The summed E-state index contributed by atoms with van der Waals surface area (Å²) in [5, 5.41) is 45.4. The van der Waals surface area contributed by atoms with Gasteiger partial charge in [-0.15, -0.1) is 0 Å². The topological polar surface area (TPSA) is 165 Å². The third-order valence-corrected chi connectivity index (χ3v) is 8.41. The average molecular weight is 570 g/mol. The number of nitrogens with zero attached hydrogens (tertiary/aromatic N) is 2. The van der Waals surface area contributed by atoms with Crippen molar-refractivity contribution in [2.24, 2.45) is 17.6 Å². The van der Waals surface area contributed by atoms with Crippen molar-refractivity contribution in [3.63, 3.8) is 0 Å². The highest BCUT2D eigenvalue weighted by atomic mass is 19.2. The van der Waals surface area contributed by atoms with Crippen LogP contribution in [0.15, 0.2) is 46.9 Å². The van der Waals surface area contributed by atoms with Gasteiger partial charge in [-0.1, -0.05) is 6.07 Å². The van der Waals surface area contributed by atoms with E-state index in [9.17, 15) is 43.6 Å². The summed E-state index contributed by atoms with van der Waals surface area (Å²) in [6, 6.07) is 3.45. The molecule has 4 atom stereocenters. The van der Waals surface area contributed by atoms with E-state index in [1.807, 2.05) is 0 Å². The first-order valence-electron chi connectivity index (χ1n) is 12.8. The zero-order chi connectivity index (χ0) is 30.3. The number of phenols is 1. The number of hydrogen-bond acceptors (Lipinski definition) is 9. The highest BCUT2D eigenvalue weighted by molar-refractivity contribution is 6.25. The van der Waals surface area contributed by atoms with Crippen molar-refractivity contribution in [1.29, 1.82) is 0 Å². The van der Waals surface area contributed by atoms with E-state index < -0.39 is 75.4 Å². The molecule has 6 N–H and O–H groups in total. The molecule has 10 nitrogen and oxygen atoms in total. The van der Waals surface area contributed by atoms with Crippen molar-refractivity contribution in [3.8, 4) is 16.9 Å². The third-order valence-electron chi connectivity index (χ3n) is 8.41. The standard InChI is InChI=1S/C29H29F2N3O7/c1-33(2)18-10-13(11-5-6-16(30)17(31)9-11)23(35)20-14(18)7-12-8-15-22(34(3)4)25(37)21(28(32)40)27(39)29(15,41)26(38)19(12)24(20)36/h5-6,9-10,12,15,22,35,37-38,41H,7-8H2,1-4H3,(H2,32,40)/t12-,15-,22-,29-/m0/s1. The van der Waals surface area contributed by atoms with E-state index in [4.69, 9.17) is 5.73 Å². The predicted molar refractivity (Wildman–Crippen MR) is 143 cm³/mol. The van der Waals surface area contributed by atoms with Crippen molar-refractivity contribution < 1.29 is 43.6 Å². The highest BCUT2D eigenvalue weighted by Crippen LogP contribution is 2.54. The minimum Gasteiger partial charge on any atom is -0.510 e. The molecule has 216 valence electrons. The molecule has 41 heavy (non-hydrogen) atoms. The van der Waals surface area contributed by atoms with E-state index in [1.54, 1.807) is 39.2 Å². The number of ketones is 2. The molecular weight excluding hydrogens is 540 g/mol. The number of aliphatic hydroxyl groups is 3. The molecule has 0 bridgehead atoms. The van der Waals surface area contributed by atoms with Gasteiger partial charge < -0.3 is 31.1 Å². The summed E-state index contributed by atoms with van der Waals surface area (Å²) in [6.45, 7) is 0. The Morgan fingerprint density at radius 1 is 1.05 bits per heavy atom. The summed E-state index contributed by atoms with van der Waals surface area (Å²) in [5.74, 6) is -9.85. The van der Waals surface area contributed by atoms with Crippen LogP contribution in [0.4, 0.5) is 14.5 Å². The first-order chi connectivity index (χ1) is 19.1. The van der Waals surface area contributed by atoms with E-state index >= 15 is 0 Å². The lowest BCUT2D eigenvalue weighted by Crippen LogP contribution is -2.63. The smallest absolute Gasteiger partial charge is 0.255 e. The molecule has 5 rings (SSSR count). The second-order valence-electron chi connectivity index (χ2n) is 11.1. The number of allylic oxidation sites excluding steroid dienone is 1. The van der Waals surface area contributed by atoms with Gasteiger partial charge in [0.05, 0.1) is 11.6 Å². The van der Waals surface area contributed by atoms with Crippen LogP contribution < -0.4 is 10.6 Å². The van der Waals surface area contributed by atoms with Gasteiger partial charge in [0.2, 0.25) is 5.78 Å². The minimum atomic E-state index is -2.76. The number of aliphatic hydroxyl groups excluding tert-OH is 2. The first kappa shape index (κ1) is 28.2. The number of fused-ring (bicyclic) bond motifs is 3. The summed E-state index contributed by atoms with van der Waals surface area (Å²) in [7, 11) is 6.50. The van der Waals surface area contributed by atoms with Crippen molar-refractivity contribution >= 4 is 23.2 Å². The summed E-state index contributed by atoms with van der Waals surface area (Å²) < 4.78 is 27.7. The van der Waals surface area contributed by atoms with Crippen molar-refractivity contribution in [2.45, 2.75) is 24.5 Å². The number of carbonyl (C=O) groups is 3. The molecule has 2 aromatic rings. The van der Waals surface area contributed by atoms with Gasteiger partial charge in [0, 0.05) is 36.8 Å². The normalized spacial score (nSPS) is 25.7. The lowest BCUT2D eigenvalue weighted by atomic mass is 9.58. The van der Waals surface area contributed by atoms with Crippen molar-refractivity contribution in [3.05, 3.63) is 69.7 Å². The van der Waals surface area contributed by atoms with Gasteiger partial charge in [0.1, 0.15) is 22.8 Å². The average Bonchev–Trinajstić information content (AvgIpc) is 2.87. The Hall–Kier alpha value is -4.29. The number of primary amides is 1. The highest BCUT2D eigenvalue weighted by Gasteiger charge is 2.63. The van der Waals surface area contributed by atoms with Crippen LogP contribution in [0.2, 0.25) is 0 Å². The Labute approximate surface area is 233 Å². The van der Waals surface area contributed by atoms with Crippen molar-refractivity contribution in [1.82, 2.24) is 4.90 Å². The van der Waals surface area contributed by atoms with Gasteiger partial charge in [0.15, 0.2) is 23.0 Å². The van der Waals surface area contributed by atoms with Crippen molar-refractivity contribution in [2.75, 3.05) is 33.1 Å². The molecule has 0 heterocycles. The number of benzene rings is 2. The Kier molecular flexibility index (Phi) is 6.47. The van der Waals surface area contributed by atoms with E-state index in [1.165, 1.54) is 11.0 Å². The van der Waals surface area contributed by atoms with Crippen LogP contribution in [0.3, 0.4) is 0 Å². The number of amides is 1. The van der Waals surface area contributed by atoms with Gasteiger partial charge in [-0.05, 0) is 62.2 Å². The van der Waals surface area contributed by atoms with Crippen LogP contribution in [0.1, 0.15) is 22.3 Å². The fraction of sp³-hybridized carbons (Fsp3) is 0.345. The monoisotopic (exact) mass is 569 g/mol. The molecule has 0 fully saturated rings. The fourth-order valence-corrected chi connectivity index (χ4v) is 6.58. The molecule has 0 saturated heterocycles. The first-order valence-corrected chi connectivity index (χ1v) is 12.8. The molecule has 0 spiro atoms. The summed E-state index contributed by atoms with van der Waals surface area (Å²) in [6.07, 6.45) is 0.0397. The number of rotatable bonds is 4. The number of nitrogens with two attached hydrogens (primary N) is 1. The van der Waals surface area contributed by atoms with E-state index in [2.05, 4.69) is 0 Å². The molecule has 0 radical (unpaired) electrons. The Balaban J connectivity index is 1.76. The van der Waals surface area contributed by atoms with Crippen LogP contribution in [0, 0.1) is 23.5 Å². The number of likely N-dealkylation sites (N-methyl/N-ethyl adjacent to an activating group) is 1. The summed E-state index contributed by atoms with van der Waals surface area (Å²) in [5.41, 5.74) is 2.18. The summed E-state index contributed by atoms with van der Waals surface area (Å²) in [4.78, 5) is 42.8. The predicted octanol–water partition coefficient (Wildman–Crippen LogP) is 2.13.